The number of fused-ring (bicyclic) bond motifs is 3. The second kappa shape index (κ2) is 6.15. The number of ether oxygens (including phenoxy) is 1. The molecule has 1 aromatic heterocycles. The SMILES string of the molecule is CCN(C)CCc1c[nH]c2cccc(ON3C[C@H]4C[C@@H](C3)O4)c12. The molecular formula is C18H25N3O2. The van der Waals surface area contributed by atoms with Gasteiger partial charge in [-0.15, -0.1) is 5.06 Å². The molecule has 0 radical (unpaired) electrons. The van der Waals surface area contributed by atoms with Crippen LogP contribution in [0.4, 0.5) is 0 Å². The van der Waals surface area contributed by atoms with E-state index in [-0.39, 0.29) is 0 Å². The highest BCUT2D eigenvalue weighted by atomic mass is 16.7. The first-order chi connectivity index (χ1) is 11.2. The second-order valence-corrected chi connectivity index (χ2v) is 6.69. The van der Waals surface area contributed by atoms with Gasteiger partial charge in [0, 0.05) is 30.1 Å². The van der Waals surface area contributed by atoms with Crippen LogP contribution in [0, 0.1) is 0 Å². The van der Waals surface area contributed by atoms with E-state index in [1.807, 2.05) is 0 Å². The summed E-state index contributed by atoms with van der Waals surface area (Å²) in [7, 11) is 2.16. The number of hydrogen-bond acceptors (Lipinski definition) is 4. The Balaban J connectivity index is 1.54. The van der Waals surface area contributed by atoms with Crippen LogP contribution in [0.2, 0.25) is 0 Å². The first-order valence-electron chi connectivity index (χ1n) is 8.59. The van der Waals surface area contributed by atoms with Gasteiger partial charge in [0.15, 0.2) is 5.75 Å². The van der Waals surface area contributed by atoms with Crippen LogP contribution in [0.3, 0.4) is 0 Å². The maximum atomic E-state index is 6.22. The molecule has 0 unspecified atom stereocenters. The smallest absolute Gasteiger partial charge is 0.157 e. The van der Waals surface area contributed by atoms with Gasteiger partial charge in [0.2, 0.25) is 0 Å². The summed E-state index contributed by atoms with van der Waals surface area (Å²) < 4.78 is 5.68. The van der Waals surface area contributed by atoms with Crippen LogP contribution in [-0.4, -0.2) is 60.4 Å². The van der Waals surface area contributed by atoms with E-state index in [0.717, 1.165) is 43.9 Å². The summed E-state index contributed by atoms with van der Waals surface area (Å²) in [5.74, 6) is 0.958. The number of piperidine rings is 1. The molecule has 1 N–H and O–H groups in total. The zero-order valence-corrected chi connectivity index (χ0v) is 13.9. The van der Waals surface area contributed by atoms with E-state index in [2.05, 4.69) is 53.3 Å². The van der Waals surface area contributed by atoms with Crippen molar-refractivity contribution >= 4 is 10.9 Å². The van der Waals surface area contributed by atoms with E-state index in [9.17, 15) is 0 Å². The Morgan fingerprint density at radius 3 is 2.87 bits per heavy atom. The van der Waals surface area contributed by atoms with Gasteiger partial charge < -0.3 is 19.5 Å². The van der Waals surface area contributed by atoms with Gasteiger partial charge in [-0.25, -0.2) is 0 Å². The molecule has 5 nitrogen and oxygen atoms in total. The summed E-state index contributed by atoms with van der Waals surface area (Å²) in [6, 6.07) is 6.24. The van der Waals surface area contributed by atoms with Crippen molar-refractivity contribution in [3.63, 3.8) is 0 Å². The van der Waals surface area contributed by atoms with Gasteiger partial charge in [-0.3, -0.25) is 0 Å². The van der Waals surface area contributed by atoms with Crippen LogP contribution in [0.25, 0.3) is 10.9 Å². The van der Waals surface area contributed by atoms with Gasteiger partial charge in [0.25, 0.3) is 0 Å². The zero-order chi connectivity index (χ0) is 15.8. The molecule has 5 heteroatoms. The van der Waals surface area contributed by atoms with Crippen LogP contribution in [-0.2, 0) is 11.2 Å². The van der Waals surface area contributed by atoms with E-state index in [1.54, 1.807) is 0 Å². The molecule has 4 heterocycles. The normalized spacial score (nSPS) is 24.1. The molecule has 3 aliphatic heterocycles. The third-order valence-electron chi connectivity index (χ3n) is 5.00. The Bertz CT molecular complexity index is 668. The molecule has 1 aromatic carbocycles. The highest BCUT2D eigenvalue weighted by Crippen LogP contribution is 2.33. The summed E-state index contributed by atoms with van der Waals surface area (Å²) in [6.45, 7) is 6.05. The lowest BCUT2D eigenvalue weighted by atomic mass is 10.0. The highest BCUT2D eigenvalue weighted by Gasteiger charge is 2.39. The van der Waals surface area contributed by atoms with Crippen molar-refractivity contribution in [3.8, 4) is 5.75 Å². The monoisotopic (exact) mass is 315 g/mol. The second-order valence-electron chi connectivity index (χ2n) is 6.69. The fourth-order valence-electron chi connectivity index (χ4n) is 3.49. The molecule has 2 bridgehead atoms. The Labute approximate surface area is 137 Å². The molecule has 2 atom stereocenters. The number of aromatic amines is 1. The molecule has 2 aromatic rings. The van der Waals surface area contributed by atoms with Gasteiger partial charge in [-0.2, -0.15) is 0 Å². The van der Waals surface area contributed by atoms with Crippen molar-refractivity contribution in [2.75, 3.05) is 33.2 Å². The van der Waals surface area contributed by atoms with E-state index in [1.165, 1.54) is 17.4 Å². The number of likely N-dealkylation sites (N-methyl/N-ethyl adjacent to an activating group) is 1. The van der Waals surface area contributed by atoms with Crippen molar-refractivity contribution < 1.29 is 9.57 Å². The molecule has 0 saturated carbocycles. The largest absolute Gasteiger partial charge is 0.405 e. The number of morpholine rings is 1. The van der Waals surface area contributed by atoms with Gasteiger partial charge in [0.1, 0.15) is 0 Å². The number of hydroxylamine groups is 2. The number of hydrogen-bond donors (Lipinski definition) is 1. The zero-order valence-electron chi connectivity index (χ0n) is 13.9. The van der Waals surface area contributed by atoms with Crippen molar-refractivity contribution in [2.24, 2.45) is 0 Å². The highest BCUT2D eigenvalue weighted by molar-refractivity contribution is 5.89. The summed E-state index contributed by atoms with van der Waals surface area (Å²) in [5.41, 5.74) is 2.48. The molecular weight excluding hydrogens is 290 g/mol. The van der Waals surface area contributed by atoms with Crippen LogP contribution >= 0.6 is 0 Å². The minimum atomic E-state index is 0.358. The van der Waals surface area contributed by atoms with Gasteiger partial charge >= 0.3 is 0 Å². The summed E-state index contributed by atoms with van der Waals surface area (Å²) in [4.78, 5) is 11.9. The predicted octanol–water partition coefficient (Wildman–Crippen LogP) is 2.43. The van der Waals surface area contributed by atoms with E-state index < -0.39 is 0 Å². The third-order valence-corrected chi connectivity index (χ3v) is 5.00. The molecule has 23 heavy (non-hydrogen) atoms. The maximum absolute atomic E-state index is 6.22. The number of nitrogens with zero attached hydrogens (tertiary/aromatic N) is 2. The third kappa shape index (κ3) is 2.96. The van der Waals surface area contributed by atoms with Crippen LogP contribution in [0.1, 0.15) is 18.9 Å². The Morgan fingerprint density at radius 2 is 2.13 bits per heavy atom. The Morgan fingerprint density at radius 1 is 1.35 bits per heavy atom. The van der Waals surface area contributed by atoms with Crippen molar-refractivity contribution in [1.29, 1.82) is 0 Å². The number of H-pyrrole nitrogens is 1. The standard InChI is InChI=1S/C18H25N3O2/c1-3-20(2)8-7-13-10-19-16-5-4-6-17(18(13)16)23-21-11-14-9-15(12-21)22-14/h4-6,10,14-15,19H,3,7-9,11-12H2,1-2H3/t14-,15+. The van der Waals surface area contributed by atoms with Gasteiger partial charge in [0.05, 0.1) is 25.3 Å². The van der Waals surface area contributed by atoms with Crippen molar-refractivity contribution in [1.82, 2.24) is 14.9 Å². The fraction of sp³-hybridized carbons (Fsp3) is 0.556. The summed E-state index contributed by atoms with van der Waals surface area (Å²) >= 11 is 0. The van der Waals surface area contributed by atoms with E-state index >= 15 is 0 Å². The van der Waals surface area contributed by atoms with Crippen molar-refractivity contribution in [2.45, 2.75) is 32.0 Å². The lowest BCUT2D eigenvalue weighted by Crippen LogP contribution is -2.58. The van der Waals surface area contributed by atoms with Crippen LogP contribution in [0.15, 0.2) is 24.4 Å². The molecule has 3 saturated heterocycles. The number of rotatable bonds is 6. The quantitative estimate of drug-likeness (QED) is 0.889. The van der Waals surface area contributed by atoms with Crippen LogP contribution < -0.4 is 4.84 Å². The Hall–Kier alpha value is -1.56. The minimum Gasteiger partial charge on any atom is -0.405 e. The molecule has 3 aliphatic rings. The summed E-state index contributed by atoms with van der Waals surface area (Å²) in [6.07, 6.45) is 5.05. The lowest BCUT2D eigenvalue weighted by Gasteiger charge is -2.46. The van der Waals surface area contributed by atoms with Gasteiger partial charge in [-0.05, 0) is 37.7 Å². The van der Waals surface area contributed by atoms with E-state index in [4.69, 9.17) is 9.57 Å². The number of aromatic nitrogens is 1. The molecule has 0 spiro atoms. The molecule has 0 aliphatic carbocycles. The number of nitrogens with one attached hydrogen (secondary N) is 1. The maximum Gasteiger partial charge on any atom is 0.157 e. The fourth-order valence-corrected chi connectivity index (χ4v) is 3.49. The van der Waals surface area contributed by atoms with Gasteiger partial charge in [-0.1, -0.05) is 13.0 Å². The lowest BCUT2D eigenvalue weighted by molar-refractivity contribution is -0.241. The minimum absolute atomic E-state index is 0.358. The van der Waals surface area contributed by atoms with Crippen molar-refractivity contribution in [3.05, 3.63) is 30.0 Å². The Kier molecular flexibility index (Phi) is 4.01. The molecule has 0 amide bonds. The average molecular weight is 315 g/mol. The first-order valence-corrected chi connectivity index (χ1v) is 8.59. The predicted molar refractivity (Wildman–Crippen MR) is 90.7 cm³/mol. The average Bonchev–Trinajstić information content (AvgIpc) is 2.96. The first kappa shape index (κ1) is 15.0. The molecule has 3 fully saturated rings. The van der Waals surface area contributed by atoms with Crippen LogP contribution in [0.5, 0.6) is 5.75 Å². The topological polar surface area (TPSA) is 40.7 Å². The summed E-state index contributed by atoms with van der Waals surface area (Å²) in [5, 5.41) is 3.28. The molecule has 124 valence electrons. The number of benzene rings is 1. The molecule has 5 rings (SSSR count). The van der Waals surface area contributed by atoms with E-state index in [0.29, 0.717) is 12.2 Å².